The molecule has 0 radical (unpaired) electrons. The van der Waals surface area contributed by atoms with Crippen molar-refractivity contribution in [3.05, 3.63) is 101 Å². The van der Waals surface area contributed by atoms with Crippen LogP contribution in [0, 0.1) is 11.3 Å². The zero-order chi connectivity index (χ0) is 20.9. The molecule has 1 heterocycles. The van der Waals surface area contributed by atoms with E-state index in [0.29, 0.717) is 17.0 Å². The van der Waals surface area contributed by atoms with Gasteiger partial charge in [-0.05, 0) is 42.0 Å². The number of anilines is 1. The molecule has 0 atom stereocenters. The number of benzene rings is 3. The fourth-order valence-corrected chi connectivity index (χ4v) is 3.09. The fraction of sp³-hybridized carbons (Fsp3) is 0.0417. The van der Waals surface area contributed by atoms with E-state index in [1.54, 1.807) is 60.7 Å². The van der Waals surface area contributed by atoms with E-state index < -0.39 is 11.9 Å². The molecule has 1 N–H and O–H groups in total. The molecule has 146 valence electrons. The quantitative estimate of drug-likeness (QED) is 0.518. The summed E-state index contributed by atoms with van der Waals surface area (Å²) < 4.78 is 5.76. The van der Waals surface area contributed by atoms with Crippen molar-refractivity contribution in [2.24, 2.45) is 0 Å². The first-order chi connectivity index (χ1) is 14.7. The maximum Gasteiger partial charge on any atom is 0.333 e. The van der Waals surface area contributed by atoms with Crippen molar-refractivity contribution in [2.75, 3.05) is 4.90 Å². The zero-order valence-electron chi connectivity index (χ0n) is 15.9. The predicted octanol–water partition coefficient (Wildman–Crippen LogP) is 4.23. The van der Waals surface area contributed by atoms with Gasteiger partial charge in [0.25, 0.3) is 5.91 Å². The van der Waals surface area contributed by atoms with E-state index >= 15 is 0 Å². The fourth-order valence-electron chi connectivity index (χ4n) is 3.09. The Labute approximate surface area is 173 Å². The van der Waals surface area contributed by atoms with E-state index in [1.807, 2.05) is 24.3 Å². The molecule has 6 nitrogen and oxygen atoms in total. The molecule has 3 aromatic rings. The molecular formula is C24H17N3O3. The van der Waals surface area contributed by atoms with E-state index in [9.17, 15) is 9.59 Å². The number of carbonyl (C=O) groups excluding carboxylic acids is 2. The van der Waals surface area contributed by atoms with Crippen LogP contribution in [0.5, 0.6) is 5.75 Å². The van der Waals surface area contributed by atoms with Gasteiger partial charge in [0.1, 0.15) is 18.1 Å². The summed E-state index contributed by atoms with van der Waals surface area (Å²) in [6.07, 6.45) is 1.62. The number of hydrogen-bond acceptors (Lipinski definition) is 4. The molecule has 1 aliphatic heterocycles. The molecule has 4 rings (SSSR count). The second-order valence-electron chi connectivity index (χ2n) is 6.59. The number of ether oxygens (including phenoxy) is 1. The van der Waals surface area contributed by atoms with E-state index in [4.69, 9.17) is 10.00 Å². The molecular weight excluding hydrogens is 378 g/mol. The maximum absolute atomic E-state index is 12.6. The third kappa shape index (κ3) is 3.91. The summed E-state index contributed by atoms with van der Waals surface area (Å²) in [7, 11) is 0. The predicted molar refractivity (Wildman–Crippen MR) is 112 cm³/mol. The van der Waals surface area contributed by atoms with E-state index in [1.165, 1.54) is 0 Å². The van der Waals surface area contributed by atoms with E-state index in [2.05, 4.69) is 11.4 Å². The van der Waals surface area contributed by atoms with Crippen molar-refractivity contribution in [3.63, 3.8) is 0 Å². The van der Waals surface area contributed by atoms with Crippen LogP contribution >= 0.6 is 0 Å². The summed E-state index contributed by atoms with van der Waals surface area (Å²) in [5.41, 5.74) is 2.87. The lowest BCUT2D eigenvalue weighted by Gasteiger charge is -2.10. The molecule has 3 amide bonds. The number of carbonyl (C=O) groups is 2. The lowest BCUT2D eigenvalue weighted by Crippen LogP contribution is -2.30. The van der Waals surface area contributed by atoms with Crippen molar-refractivity contribution in [3.8, 4) is 11.8 Å². The van der Waals surface area contributed by atoms with E-state index in [0.717, 1.165) is 16.0 Å². The second kappa shape index (κ2) is 8.33. The Morgan fingerprint density at radius 1 is 0.933 bits per heavy atom. The summed E-state index contributed by atoms with van der Waals surface area (Å²) in [5.74, 6) is 0.234. The minimum atomic E-state index is -0.478. The van der Waals surface area contributed by atoms with Crippen LogP contribution in [0.3, 0.4) is 0 Å². The minimum Gasteiger partial charge on any atom is -0.489 e. The number of urea groups is 1. The SMILES string of the molecule is N#Cc1ccccc1COc1ccc(/C=C2/NC(=O)N(c3ccccc3)C2=O)cc1. The average Bonchev–Trinajstić information content (AvgIpc) is 3.06. The third-order valence-electron chi connectivity index (χ3n) is 4.62. The molecule has 30 heavy (non-hydrogen) atoms. The van der Waals surface area contributed by atoms with Gasteiger partial charge in [-0.3, -0.25) is 4.79 Å². The standard InChI is InChI=1S/C24H17N3O3/c25-15-18-6-4-5-7-19(18)16-30-21-12-10-17(11-13-21)14-22-23(28)27(24(29)26-22)20-8-2-1-3-9-20/h1-14H,16H2,(H,26,29)/b22-14+. The molecule has 3 aromatic carbocycles. The van der Waals surface area contributed by atoms with Gasteiger partial charge in [-0.25, -0.2) is 9.69 Å². The Kier molecular flexibility index (Phi) is 5.27. The number of nitrogens with one attached hydrogen (secondary N) is 1. The first kappa shape index (κ1) is 19.0. The Morgan fingerprint density at radius 3 is 2.37 bits per heavy atom. The molecule has 1 saturated heterocycles. The van der Waals surface area contributed by atoms with Crippen molar-refractivity contribution in [1.29, 1.82) is 5.26 Å². The number of nitrogens with zero attached hydrogens (tertiary/aromatic N) is 2. The lowest BCUT2D eigenvalue weighted by molar-refractivity contribution is -0.113. The average molecular weight is 395 g/mol. The van der Waals surface area contributed by atoms with Crippen LogP contribution in [0.2, 0.25) is 0 Å². The highest BCUT2D eigenvalue weighted by molar-refractivity contribution is 6.28. The van der Waals surface area contributed by atoms with Crippen LogP contribution in [0.15, 0.2) is 84.6 Å². The summed E-state index contributed by atoms with van der Waals surface area (Å²) in [5, 5.41) is 11.8. The summed E-state index contributed by atoms with van der Waals surface area (Å²) in [6, 6.07) is 24.9. The van der Waals surface area contributed by atoms with Gasteiger partial charge >= 0.3 is 6.03 Å². The Bertz CT molecular complexity index is 1160. The van der Waals surface area contributed by atoms with Crippen LogP contribution < -0.4 is 15.0 Å². The number of rotatable bonds is 5. The topological polar surface area (TPSA) is 82.4 Å². The number of para-hydroxylation sites is 1. The van der Waals surface area contributed by atoms with Crippen LogP contribution in [-0.2, 0) is 11.4 Å². The van der Waals surface area contributed by atoms with Crippen molar-refractivity contribution >= 4 is 23.7 Å². The number of hydrogen-bond donors (Lipinski definition) is 1. The number of nitriles is 1. The van der Waals surface area contributed by atoms with Crippen LogP contribution in [0.25, 0.3) is 6.08 Å². The van der Waals surface area contributed by atoms with Gasteiger partial charge in [0, 0.05) is 5.56 Å². The summed E-state index contributed by atoms with van der Waals surface area (Å²) >= 11 is 0. The highest BCUT2D eigenvalue weighted by Crippen LogP contribution is 2.23. The first-order valence-corrected chi connectivity index (χ1v) is 9.29. The molecule has 0 aliphatic carbocycles. The van der Waals surface area contributed by atoms with Gasteiger partial charge in [-0.2, -0.15) is 5.26 Å². The van der Waals surface area contributed by atoms with Gasteiger partial charge in [-0.1, -0.05) is 48.5 Å². The summed E-state index contributed by atoms with van der Waals surface area (Å²) in [6.45, 7) is 0.282. The van der Waals surface area contributed by atoms with Crippen molar-refractivity contribution in [2.45, 2.75) is 6.61 Å². The first-order valence-electron chi connectivity index (χ1n) is 9.29. The largest absolute Gasteiger partial charge is 0.489 e. The van der Waals surface area contributed by atoms with Gasteiger partial charge < -0.3 is 10.1 Å². The normalized spacial score (nSPS) is 14.5. The summed E-state index contributed by atoms with van der Waals surface area (Å²) in [4.78, 5) is 26.0. The molecule has 1 fully saturated rings. The molecule has 0 aromatic heterocycles. The van der Waals surface area contributed by atoms with Gasteiger partial charge in [0.2, 0.25) is 0 Å². The Morgan fingerprint density at radius 2 is 1.63 bits per heavy atom. The van der Waals surface area contributed by atoms with Gasteiger partial charge in [-0.15, -0.1) is 0 Å². The van der Waals surface area contributed by atoms with Crippen LogP contribution in [-0.4, -0.2) is 11.9 Å². The highest BCUT2D eigenvalue weighted by Gasteiger charge is 2.34. The lowest BCUT2D eigenvalue weighted by atomic mass is 10.1. The molecule has 0 unspecified atom stereocenters. The second-order valence-corrected chi connectivity index (χ2v) is 6.59. The highest BCUT2D eigenvalue weighted by atomic mass is 16.5. The molecule has 0 spiro atoms. The zero-order valence-corrected chi connectivity index (χ0v) is 15.9. The van der Waals surface area contributed by atoms with Crippen molar-refractivity contribution < 1.29 is 14.3 Å². The molecule has 0 saturated carbocycles. The monoisotopic (exact) mass is 395 g/mol. The Hall–Kier alpha value is -4.37. The molecule has 1 aliphatic rings. The smallest absolute Gasteiger partial charge is 0.333 e. The van der Waals surface area contributed by atoms with E-state index in [-0.39, 0.29) is 12.3 Å². The third-order valence-corrected chi connectivity index (χ3v) is 4.62. The van der Waals surface area contributed by atoms with Gasteiger partial charge in [0.15, 0.2) is 0 Å². The number of amides is 3. The minimum absolute atomic E-state index is 0.209. The van der Waals surface area contributed by atoms with Crippen LogP contribution in [0.4, 0.5) is 10.5 Å². The van der Waals surface area contributed by atoms with Crippen molar-refractivity contribution in [1.82, 2.24) is 5.32 Å². The van der Waals surface area contributed by atoms with Crippen LogP contribution in [0.1, 0.15) is 16.7 Å². The molecule has 6 heteroatoms. The maximum atomic E-state index is 12.6. The number of imide groups is 1. The Balaban J connectivity index is 1.46. The van der Waals surface area contributed by atoms with Gasteiger partial charge in [0.05, 0.1) is 17.3 Å². The molecule has 0 bridgehead atoms.